The van der Waals surface area contributed by atoms with Crippen molar-refractivity contribution in [2.75, 3.05) is 19.7 Å². The van der Waals surface area contributed by atoms with E-state index in [0.717, 1.165) is 22.3 Å². The first kappa shape index (κ1) is 23.3. The summed E-state index contributed by atoms with van der Waals surface area (Å²) in [5.74, 6) is -1.27. The van der Waals surface area contributed by atoms with E-state index in [-0.39, 0.29) is 37.9 Å². The number of hydrogen-bond donors (Lipinski definition) is 3. The van der Waals surface area contributed by atoms with E-state index in [1.807, 2.05) is 38.1 Å². The highest BCUT2D eigenvalue weighted by atomic mass is 16.5. The zero-order chi connectivity index (χ0) is 23.1. The summed E-state index contributed by atoms with van der Waals surface area (Å²) in [5.41, 5.74) is 3.77. The highest BCUT2D eigenvalue weighted by Crippen LogP contribution is 2.44. The van der Waals surface area contributed by atoms with Gasteiger partial charge in [-0.2, -0.15) is 0 Å². The number of carboxylic acids is 1. The number of ether oxygens (including phenoxy) is 1. The fourth-order valence-corrected chi connectivity index (χ4v) is 4.26. The van der Waals surface area contributed by atoms with E-state index in [9.17, 15) is 14.4 Å². The normalized spacial score (nSPS) is 12.6. The van der Waals surface area contributed by atoms with Crippen molar-refractivity contribution in [2.24, 2.45) is 5.41 Å². The van der Waals surface area contributed by atoms with Crippen LogP contribution in [0.5, 0.6) is 0 Å². The Balaban J connectivity index is 1.59. The van der Waals surface area contributed by atoms with Crippen LogP contribution in [-0.4, -0.2) is 42.8 Å². The van der Waals surface area contributed by atoms with Gasteiger partial charge >= 0.3 is 12.1 Å². The first-order valence-electron chi connectivity index (χ1n) is 11.0. The number of benzene rings is 2. The predicted molar refractivity (Wildman–Crippen MR) is 121 cm³/mol. The van der Waals surface area contributed by atoms with Crippen molar-refractivity contribution in [3.05, 3.63) is 59.7 Å². The Morgan fingerprint density at radius 3 is 2.03 bits per heavy atom. The molecule has 0 radical (unpaired) electrons. The third kappa shape index (κ3) is 4.93. The summed E-state index contributed by atoms with van der Waals surface area (Å²) in [6.45, 7) is 4.13. The molecule has 170 valence electrons. The van der Waals surface area contributed by atoms with Gasteiger partial charge in [-0.15, -0.1) is 0 Å². The minimum absolute atomic E-state index is 0.0328. The largest absolute Gasteiger partial charge is 0.481 e. The van der Waals surface area contributed by atoms with E-state index in [4.69, 9.17) is 9.84 Å². The Kier molecular flexibility index (Phi) is 7.51. The summed E-state index contributed by atoms with van der Waals surface area (Å²) >= 11 is 0. The van der Waals surface area contributed by atoms with E-state index in [0.29, 0.717) is 12.8 Å². The van der Waals surface area contributed by atoms with E-state index < -0.39 is 17.5 Å². The highest BCUT2D eigenvalue weighted by molar-refractivity contribution is 5.84. The lowest BCUT2D eigenvalue weighted by Gasteiger charge is -2.30. The number of carbonyl (C=O) groups excluding carboxylic acids is 2. The van der Waals surface area contributed by atoms with Gasteiger partial charge in [0.15, 0.2) is 0 Å². The molecule has 0 aliphatic heterocycles. The number of rotatable bonds is 10. The Labute approximate surface area is 188 Å². The number of carboxylic acid groups (broad SMARTS) is 1. The van der Waals surface area contributed by atoms with Gasteiger partial charge in [0.05, 0.1) is 11.8 Å². The molecule has 1 aliphatic rings. The maximum Gasteiger partial charge on any atom is 0.407 e. The Morgan fingerprint density at radius 1 is 0.938 bits per heavy atom. The van der Waals surface area contributed by atoms with Crippen LogP contribution in [0.15, 0.2) is 48.5 Å². The molecule has 0 saturated heterocycles. The van der Waals surface area contributed by atoms with Crippen molar-refractivity contribution in [3.8, 4) is 11.1 Å². The first-order valence-corrected chi connectivity index (χ1v) is 11.0. The maximum atomic E-state index is 12.7. The summed E-state index contributed by atoms with van der Waals surface area (Å²) in [5, 5.41) is 14.2. The zero-order valence-electron chi connectivity index (χ0n) is 18.5. The minimum Gasteiger partial charge on any atom is -0.481 e. The molecule has 32 heavy (non-hydrogen) atoms. The van der Waals surface area contributed by atoms with Gasteiger partial charge in [0.1, 0.15) is 6.61 Å². The van der Waals surface area contributed by atoms with E-state index in [1.165, 1.54) is 0 Å². The highest BCUT2D eigenvalue weighted by Gasteiger charge is 2.35. The molecular weight excluding hydrogens is 408 g/mol. The molecule has 0 aromatic heterocycles. The van der Waals surface area contributed by atoms with Crippen molar-refractivity contribution < 1.29 is 24.2 Å². The number of alkyl carbamates (subject to hydrolysis) is 1. The van der Waals surface area contributed by atoms with Crippen molar-refractivity contribution in [1.29, 1.82) is 0 Å². The van der Waals surface area contributed by atoms with Crippen molar-refractivity contribution in [2.45, 2.75) is 39.0 Å². The molecule has 2 aromatic carbocycles. The topological polar surface area (TPSA) is 105 Å². The van der Waals surface area contributed by atoms with Gasteiger partial charge < -0.3 is 20.5 Å². The average Bonchev–Trinajstić information content (AvgIpc) is 3.12. The Morgan fingerprint density at radius 2 is 1.50 bits per heavy atom. The Hall–Kier alpha value is -3.35. The lowest BCUT2D eigenvalue weighted by Crippen LogP contribution is -2.48. The van der Waals surface area contributed by atoms with Crippen LogP contribution in [0, 0.1) is 5.41 Å². The van der Waals surface area contributed by atoms with Crippen LogP contribution in [-0.2, 0) is 14.3 Å². The molecule has 7 heteroatoms. The molecule has 0 bridgehead atoms. The summed E-state index contributed by atoms with van der Waals surface area (Å²) in [4.78, 5) is 35.8. The lowest BCUT2D eigenvalue weighted by atomic mass is 9.81. The molecule has 0 saturated carbocycles. The second-order valence-corrected chi connectivity index (χ2v) is 8.07. The van der Waals surface area contributed by atoms with Gasteiger partial charge in [-0.05, 0) is 35.1 Å². The number of hydrogen-bond acceptors (Lipinski definition) is 4. The molecule has 2 aromatic rings. The van der Waals surface area contributed by atoms with Crippen LogP contribution < -0.4 is 10.6 Å². The molecule has 0 atom stereocenters. The van der Waals surface area contributed by atoms with Crippen LogP contribution >= 0.6 is 0 Å². The summed E-state index contributed by atoms with van der Waals surface area (Å²) in [6, 6.07) is 16.2. The van der Waals surface area contributed by atoms with Gasteiger partial charge in [-0.1, -0.05) is 62.4 Å². The van der Waals surface area contributed by atoms with Gasteiger partial charge in [0.2, 0.25) is 5.91 Å². The molecule has 0 spiro atoms. The number of nitrogens with one attached hydrogen (secondary N) is 2. The Bertz CT molecular complexity index is 938. The van der Waals surface area contributed by atoms with Crippen molar-refractivity contribution >= 4 is 18.0 Å². The second kappa shape index (κ2) is 10.3. The molecule has 3 N–H and O–H groups in total. The zero-order valence-corrected chi connectivity index (χ0v) is 18.5. The van der Waals surface area contributed by atoms with Crippen LogP contribution in [0.3, 0.4) is 0 Å². The van der Waals surface area contributed by atoms with Gasteiger partial charge in [0.25, 0.3) is 0 Å². The number of amides is 2. The molecule has 2 amide bonds. The van der Waals surface area contributed by atoms with Crippen molar-refractivity contribution in [1.82, 2.24) is 10.6 Å². The lowest BCUT2D eigenvalue weighted by molar-refractivity contribution is -0.137. The monoisotopic (exact) mass is 438 g/mol. The van der Waals surface area contributed by atoms with Crippen LogP contribution in [0.1, 0.15) is 50.2 Å². The second-order valence-electron chi connectivity index (χ2n) is 8.07. The smallest absolute Gasteiger partial charge is 0.407 e. The molecule has 7 nitrogen and oxygen atoms in total. The van der Waals surface area contributed by atoms with E-state index >= 15 is 0 Å². The molecule has 1 aliphatic carbocycles. The molecule has 3 rings (SSSR count). The molecule has 0 unspecified atom stereocenters. The first-order chi connectivity index (χ1) is 15.4. The summed E-state index contributed by atoms with van der Waals surface area (Å²) < 4.78 is 5.56. The SMILES string of the molecule is CCC(CC)(CNC(=O)OCC1c2ccccc2-c2ccccc21)C(=O)NCCC(=O)O. The number of aliphatic carboxylic acids is 1. The van der Waals surface area contributed by atoms with Gasteiger partial charge in [-0.3, -0.25) is 9.59 Å². The van der Waals surface area contributed by atoms with Crippen LogP contribution in [0.4, 0.5) is 4.79 Å². The third-order valence-corrected chi connectivity index (χ3v) is 6.37. The number of carbonyl (C=O) groups is 3. The van der Waals surface area contributed by atoms with E-state index in [1.54, 1.807) is 0 Å². The molecule has 0 heterocycles. The van der Waals surface area contributed by atoms with Gasteiger partial charge in [0, 0.05) is 19.0 Å². The average molecular weight is 439 g/mol. The predicted octanol–water partition coefficient (Wildman–Crippen LogP) is 3.92. The summed E-state index contributed by atoms with van der Waals surface area (Å²) in [6.07, 6.45) is 0.296. The van der Waals surface area contributed by atoms with Crippen LogP contribution in [0.25, 0.3) is 11.1 Å². The fourth-order valence-electron chi connectivity index (χ4n) is 4.26. The summed E-state index contributed by atoms with van der Waals surface area (Å²) in [7, 11) is 0. The quantitative estimate of drug-likeness (QED) is 0.521. The third-order valence-electron chi connectivity index (χ3n) is 6.37. The van der Waals surface area contributed by atoms with Gasteiger partial charge in [-0.25, -0.2) is 4.79 Å². The fraction of sp³-hybridized carbons (Fsp3) is 0.400. The minimum atomic E-state index is -0.972. The molecule has 0 fully saturated rings. The van der Waals surface area contributed by atoms with E-state index in [2.05, 4.69) is 34.9 Å². The standard InChI is InChI=1S/C25H30N2O5/c1-3-25(4-2,23(30)26-14-13-22(28)29)16-27-24(31)32-15-21-19-11-7-5-9-17(19)18-10-6-8-12-20(18)21/h5-12,21H,3-4,13-16H2,1-2H3,(H,26,30)(H,27,31)(H,28,29). The van der Waals surface area contributed by atoms with Crippen molar-refractivity contribution in [3.63, 3.8) is 0 Å². The van der Waals surface area contributed by atoms with Crippen LogP contribution in [0.2, 0.25) is 0 Å². The number of fused-ring (bicyclic) bond motifs is 3. The molecular formula is C25H30N2O5. The maximum absolute atomic E-state index is 12.7.